The number of amides is 2. The second-order valence-corrected chi connectivity index (χ2v) is 4.19. The van der Waals surface area contributed by atoms with E-state index in [0.717, 1.165) is 0 Å². The predicted molar refractivity (Wildman–Crippen MR) is 55.1 cm³/mol. The molecular formula is C10H18N2O3. The Morgan fingerprint density at radius 1 is 1.53 bits per heavy atom. The number of likely N-dealkylation sites (tertiary alicyclic amines) is 1. The zero-order chi connectivity index (χ0) is 11.6. The van der Waals surface area contributed by atoms with E-state index in [1.165, 1.54) is 6.92 Å². The summed E-state index contributed by atoms with van der Waals surface area (Å²) in [5.74, 6) is -0.356. The quantitative estimate of drug-likeness (QED) is 0.665. The number of hydrogen-bond donors (Lipinski definition) is 2. The van der Waals surface area contributed by atoms with E-state index in [9.17, 15) is 14.7 Å². The molecule has 2 N–H and O–H groups in total. The lowest BCUT2D eigenvalue weighted by Crippen LogP contribution is -2.65. The molecule has 1 aliphatic heterocycles. The van der Waals surface area contributed by atoms with Gasteiger partial charge in [0.2, 0.25) is 11.8 Å². The second kappa shape index (κ2) is 4.18. The molecule has 1 rings (SSSR count). The number of hydrogen-bond acceptors (Lipinski definition) is 3. The molecule has 1 atom stereocenters. The topological polar surface area (TPSA) is 69.6 Å². The van der Waals surface area contributed by atoms with Gasteiger partial charge >= 0.3 is 0 Å². The molecule has 0 bridgehead atoms. The van der Waals surface area contributed by atoms with Crippen molar-refractivity contribution < 1.29 is 14.7 Å². The molecule has 0 aromatic rings. The molecule has 1 heterocycles. The molecule has 5 heteroatoms. The minimum Gasteiger partial charge on any atom is -0.386 e. The van der Waals surface area contributed by atoms with Crippen LogP contribution in [0.3, 0.4) is 0 Å². The molecule has 1 saturated heterocycles. The van der Waals surface area contributed by atoms with Crippen molar-refractivity contribution in [3.63, 3.8) is 0 Å². The number of carbonyl (C=O) groups excluding carboxylic acids is 2. The molecule has 2 amide bonds. The van der Waals surface area contributed by atoms with Gasteiger partial charge in [-0.3, -0.25) is 9.59 Å². The van der Waals surface area contributed by atoms with Crippen LogP contribution in [-0.4, -0.2) is 46.6 Å². The summed E-state index contributed by atoms with van der Waals surface area (Å²) in [7, 11) is 0. The van der Waals surface area contributed by atoms with Crippen molar-refractivity contribution in [1.29, 1.82) is 0 Å². The number of aliphatic hydroxyl groups is 1. The number of nitrogens with zero attached hydrogens (tertiary/aromatic N) is 1. The summed E-state index contributed by atoms with van der Waals surface area (Å²) in [5.41, 5.74) is -0.717. The third-order valence-electron chi connectivity index (χ3n) is 2.73. The van der Waals surface area contributed by atoms with Crippen molar-refractivity contribution in [2.75, 3.05) is 13.1 Å². The van der Waals surface area contributed by atoms with Crippen molar-refractivity contribution in [3.05, 3.63) is 0 Å². The van der Waals surface area contributed by atoms with Gasteiger partial charge in [0.1, 0.15) is 6.04 Å². The van der Waals surface area contributed by atoms with Crippen LogP contribution in [0.1, 0.15) is 27.2 Å². The van der Waals surface area contributed by atoms with Gasteiger partial charge in [0.25, 0.3) is 0 Å². The summed E-state index contributed by atoms with van der Waals surface area (Å²) in [6.07, 6.45) is 0.644. The molecule has 1 unspecified atom stereocenters. The van der Waals surface area contributed by atoms with E-state index in [1.54, 1.807) is 11.8 Å². The summed E-state index contributed by atoms with van der Waals surface area (Å²) in [5, 5.41) is 12.2. The van der Waals surface area contributed by atoms with Crippen LogP contribution in [0.2, 0.25) is 0 Å². The molecule has 1 aliphatic rings. The van der Waals surface area contributed by atoms with Crippen LogP contribution in [0, 0.1) is 0 Å². The molecule has 0 aliphatic carbocycles. The Balaban J connectivity index is 2.41. The smallest absolute Gasteiger partial charge is 0.245 e. The summed E-state index contributed by atoms with van der Waals surface area (Å²) in [6.45, 7) is 5.65. The highest BCUT2D eigenvalue weighted by Gasteiger charge is 2.43. The van der Waals surface area contributed by atoms with Gasteiger partial charge in [0.05, 0.1) is 18.7 Å². The van der Waals surface area contributed by atoms with Gasteiger partial charge in [-0.1, -0.05) is 6.92 Å². The van der Waals surface area contributed by atoms with E-state index in [4.69, 9.17) is 0 Å². The number of rotatable bonds is 3. The van der Waals surface area contributed by atoms with E-state index < -0.39 is 11.6 Å². The third kappa shape index (κ3) is 2.68. The van der Waals surface area contributed by atoms with Crippen molar-refractivity contribution in [2.24, 2.45) is 0 Å². The highest BCUT2D eigenvalue weighted by atomic mass is 16.3. The van der Waals surface area contributed by atoms with Crippen LogP contribution in [-0.2, 0) is 9.59 Å². The van der Waals surface area contributed by atoms with Gasteiger partial charge in [0, 0.05) is 6.92 Å². The van der Waals surface area contributed by atoms with E-state index in [2.05, 4.69) is 5.32 Å². The second-order valence-electron chi connectivity index (χ2n) is 4.19. The largest absolute Gasteiger partial charge is 0.386 e. The van der Waals surface area contributed by atoms with Crippen LogP contribution in [0.5, 0.6) is 0 Å². The van der Waals surface area contributed by atoms with E-state index in [1.807, 2.05) is 6.92 Å². The summed E-state index contributed by atoms with van der Waals surface area (Å²) < 4.78 is 0. The standard InChI is InChI=1S/C10H18N2O3/c1-4-10(15)5-12(6-10)9(14)7(2)11-8(3)13/h7,15H,4-6H2,1-3H3,(H,11,13). The third-order valence-corrected chi connectivity index (χ3v) is 2.73. The molecule has 1 fully saturated rings. The lowest BCUT2D eigenvalue weighted by atomic mass is 9.91. The first-order chi connectivity index (χ1) is 6.88. The summed E-state index contributed by atoms with van der Waals surface area (Å²) >= 11 is 0. The Morgan fingerprint density at radius 2 is 2.07 bits per heavy atom. The lowest BCUT2D eigenvalue weighted by Gasteiger charge is -2.46. The fraction of sp³-hybridized carbons (Fsp3) is 0.800. The number of nitrogens with one attached hydrogen (secondary N) is 1. The van der Waals surface area contributed by atoms with Gasteiger partial charge in [-0.2, -0.15) is 0 Å². The van der Waals surface area contributed by atoms with Gasteiger partial charge in [0.15, 0.2) is 0 Å². The van der Waals surface area contributed by atoms with Crippen LogP contribution >= 0.6 is 0 Å². The van der Waals surface area contributed by atoms with Crippen molar-refractivity contribution in [1.82, 2.24) is 10.2 Å². The average molecular weight is 214 g/mol. The monoisotopic (exact) mass is 214 g/mol. The summed E-state index contributed by atoms with van der Waals surface area (Å²) in [4.78, 5) is 24.0. The van der Waals surface area contributed by atoms with Gasteiger partial charge < -0.3 is 15.3 Å². The van der Waals surface area contributed by atoms with Crippen LogP contribution in [0.25, 0.3) is 0 Å². The van der Waals surface area contributed by atoms with Gasteiger partial charge in [-0.15, -0.1) is 0 Å². The fourth-order valence-corrected chi connectivity index (χ4v) is 1.68. The SMILES string of the molecule is CCC1(O)CN(C(=O)C(C)NC(C)=O)C1. The molecule has 0 radical (unpaired) electrons. The van der Waals surface area contributed by atoms with Crippen molar-refractivity contribution in [2.45, 2.75) is 38.8 Å². The number of carbonyl (C=O) groups is 2. The summed E-state index contributed by atoms with van der Waals surface area (Å²) in [6, 6.07) is -0.510. The van der Waals surface area contributed by atoms with E-state index >= 15 is 0 Å². The Labute approximate surface area is 89.4 Å². The highest BCUT2D eigenvalue weighted by Crippen LogP contribution is 2.24. The average Bonchev–Trinajstić information content (AvgIpc) is 2.10. The van der Waals surface area contributed by atoms with Crippen LogP contribution < -0.4 is 5.32 Å². The first-order valence-electron chi connectivity index (χ1n) is 5.16. The van der Waals surface area contributed by atoms with Crippen LogP contribution in [0.15, 0.2) is 0 Å². The first-order valence-corrected chi connectivity index (χ1v) is 5.16. The highest BCUT2D eigenvalue weighted by molar-refractivity contribution is 5.87. The Morgan fingerprint density at radius 3 is 2.47 bits per heavy atom. The van der Waals surface area contributed by atoms with Gasteiger partial charge in [-0.25, -0.2) is 0 Å². The van der Waals surface area contributed by atoms with Gasteiger partial charge in [-0.05, 0) is 13.3 Å². The van der Waals surface area contributed by atoms with Crippen molar-refractivity contribution >= 4 is 11.8 Å². The first kappa shape index (κ1) is 12.0. The normalized spacial score (nSPS) is 20.4. The molecular weight excluding hydrogens is 196 g/mol. The molecule has 5 nitrogen and oxygen atoms in total. The maximum Gasteiger partial charge on any atom is 0.245 e. The number of β-amino-alcohol motifs (C(OH)–C–C–N with tert-alkyl or cyclic N) is 1. The Kier molecular flexibility index (Phi) is 3.34. The van der Waals surface area contributed by atoms with Crippen molar-refractivity contribution in [3.8, 4) is 0 Å². The molecule has 86 valence electrons. The molecule has 0 saturated carbocycles. The minimum atomic E-state index is -0.717. The molecule has 0 aromatic heterocycles. The fourth-order valence-electron chi connectivity index (χ4n) is 1.68. The maximum atomic E-state index is 11.7. The van der Waals surface area contributed by atoms with E-state index in [0.29, 0.717) is 19.5 Å². The molecule has 0 aromatic carbocycles. The minimum absolute atomic E-state index is 0.136. The zero-order valence-electron chi connectivity index (χ0n) is 9.41. The zero-order valence-corrected chi connectivity index (χ0v) is 9.41. The molecule has 15 heavy (non-hydrogen) atoms. The van der Waals surface area contributed by atoms with E-state index in [-0.39, 0.29) is 11.8 Å². The maximum absolute atomic E-state index is 11.7. The predicted octanol–water partition coefficient (Wildman–Crippen LogP) is -0.506. The van der Waals surface area contributed by atoms with Crippen LogP contribution in [0.4, 0.5) is 0 Å². The lowest BCUT2D eigenvalue weighted by molar-refractivity contribution is -0.158. The Bertz CT molecular complexity index is 272. The molecule has 0 spiro atoms. The Hall–Kier alpha value is -1.10.